The Hall–Kier alpha value is -2.54. The average Bonchev–Trinajstić information content (AvgIpc) is 2.63. The Morgan fingerprint density at radius 3 is 1.88 bits per heavy atom. The highest BCUT2D eigenvalue weighted by molar-refractivity contribution is 5.27. The maximum absolute atomic E-state index is 11.5. The van der Waals surface area contributed by atoms with E-state index in [0.717, 1.165) is 31.2 Å². The van der Waals surface area contributed by atoms with Crippen LogP contribution >= 0.6 is 0 Å². The van der Waals surface area contributed by atoms with Gasteiger partial charge in [0.05, 0.1) is 0 Å². The fourth-order valence-electron chi connectivity index (χ4n) is 3.23. The summed E-state index contributed by atoms with van der Waals surface area (Å²) in [6.45, 7) is 0. The van der Waals surface area contributed by atoms with Gasteiger partial charge in [-0.3, -0.25) is 0 Å². The lowest BCUT2D eigenvalue weighted by atomic mass is 9.87. The largest absolute Gasteiger partial charge is 0.872 e. The normalized spacial score (nSPS) is 12.0. The minimum absolute atomic E-state index is 0.105. The third kappa shape index (κ3) is 4.73. The van der Waals surface area contributed by atoms with Crippen molar-refractivity contribution in [1.82, 2.24) is 0 Å². The molecule has 0 saturated heterocycles. The molecule has 0 amide bonds. The second-order valence-electron chi connectivity index (χ2n) is 6.32. The van der Waals surface area contributed by atoms with Gasteiger partial charge in [0.15, 0.2) is 0 Å². The smallest absolute Gasteiger partial charge is 0.0156 e. The lowest BCUT2D eigenvalue weighted by molar-refractivity contribution is -0.268. The molecule has 0 aliphatic rings. The molecule has 0 fully saturated rings. The number of rotatable bonds is 7. The lowest BCUT2D eigenvalue weighted by Crippen LogP contribution is -2.03. The zero-order valence-corrected chi connectivity index (χ0v) is 13.9. The molecule has 1 atom stereocenters. The quantitative estimate of drug-likeness (QED) is 0.594. The predicted molar refractivity (Wildman–Crippen MR) is 98.2 cm³/mol. The van der Waals surface area contributed by atoms with E-state index >= 15 is 0 Å². The highest BCUT2D eigenvalue weighted by Gasteiger charge is 2.12. The molecule has 1 heteroatoms. The van der Waals surface area contributed by atoms with Gasteiger partial charge in [-0.15, -0.1) is 5.75 Å². The van der Waals surface area contributed by atoms with E-state index in [9.17, 15) is 5.11 Å². The van der Waals surface area contributed by atoms with Crippen LogP contribution in [0.25, 0.3) is 0 Å². The van der Waals surface area contributed by atoms with Crippen molar-refractivity contribution in [1.29, 1.82) is 0 Å². The van der Waals surface area contributed by atoms with E-state index in [1.54, 1.807) is 12.1 Å². The van der Waals surface area contributed by atoms with Gasteiger partial charge in [0.25, 0.3) is 0 Å². The maximum Gasteiger partial charge on any atom is -0.0156 e. The highest BCUT2D eigenvalue weighted by Crippen LogP contribution is 2.27. The van der Waals surface area contributed by atoms with Gasteiger partial charge in [0.1, 0.15) is 0 Å². The Morgan fingerprint density at radius 1 is 0.625 bits per heavy atom. The standard InChI is InChI=1S/C23H24O/c24-23-13-7-10-20(18-23)15-17-22(21-11-5-2-6-12-21)16-14-19-8-3-1-4-9-19/h1-13,18,22,24H,14-17H2/p-1. The van der Waals surface area contributed by atoms with Crippen molar-refractivity contribution in [2.24, 2.45) is 0 Å². The van der Waals surface area contributed by atoms with Crippen LogP contribution in [0.4, 0.5) is 0 Å². The van der Waals surface area contributed by atoms with E-state index < -0.39 is 0 Å². The molecule has 0 aliphatic carbocycles. The summed E-state index contributed by atoms with van der Waals surface area (Å²) in [6.07, 6.45) is 4.23. The molecule has 0 N–H and O–H groups in total. The summed E-state index contributed by atoms with van der Waals surface area (Å²) in [5, 5.41) is 11.5. The predicted octanol–water partition coefficient (Wildman–Crippen LogP) is 5.11. The Labute approximate surface area is 144 Å². The summed E-state index contributed by atoms with van der Waals surface area (Å²) in [7, 11) is 0. The van der Waals surface area contributed by atoms with Crippen molar-refractivity contribution in [2.45, 2.75) is 31.6 Å². The average molecular weight is 315 g/mol. The number of hydrogen-bond acceptors (Lipinski definition) is 1. The Kier molecular flexibility index (Phi) is 5.68. The van der Waals surface area contributed by atoms with Gasteiger partial charge in [-0.1, -0.05) is 84.9 Å². The fraction of sp³-hybridized carbons (Fsp3) is 0.217. The number of aryl methyl sites for hydroxylation is 2. The van der Waals surface area contributed by atoms with Crippen LogP contribution in [-0.2, 0) is 12.8 Å². The Balaban J connectivity index is 1.68. The molecule has 1 unspecified atom stereocenters. The van der Waals surface area contributed by atoms with Crippen molar-refractivity contribution < 1.29 is 5.11 Å². The molecular formula is C23H23O-. The van der Waals surface area contributed by atoms with Crippen molar-refractivity contribution in [3.8, 4) is 5.75 Å². The van der Waals surface area contributed by atoms with Gasteiger partial charge in [-0.2, -0.15) is 0 Å². The van der Waals surface area contributed by atoms with Crippen LogP contribution in [-0.4, -0.2) is 0 Å². The zero-order valence-electron chi connectivity index (χ0n) is 13.9. The van der Waals surface area contributed by atoms with Gasteiger partial charge < -0.3 is 5.11 Å². The lowest BCUT2D eigenvalue weighted by Gasteiger charge is -2.18. The van der Waals surface area contributed by atoms with Crippen LogP contribution in [0.1, 0.15) is 35.4 Å². The Bertz CT molecular complexity index is 734. The van der Waals surface area contributed by atoms with Gasteiger partial charge in [0, 0.05) is 0 Å². The molecule has 0 spiro atoms. The van der Waals surface area contributed by atoms with E-state index in [0.29, 0.717) is 5.92 Å². The first kappa shape index (κ1) is 16.3. The topological polar surface area (TPSA) is 23.1 Å². The molecule has 0 radical (unpaired) electrons. The van der Waals surface area contributed by atoms with Crippen LogP contribution in [0.2, 0.25) is 0 Å². The summed E-state index contributed by atoms with van der Waals surface area (Å²) in [5.74, 6) is 0.620. The molecule has 122 valence electrons. The molecule has 24 heavy (non-hydrogen) atoms. The second kappa shape index (κ2) is 8.35. The summed E-state index contributed by atoms with van der Waals surface area (Å²) < 4.78 is 0. The van der Waals surface area contributed by atoms with Crippen LogP contribution < -0.4 is 5.11 Å². The minimum atomic E-state index is 0.105. The minimum Gasteiger partial charge on any atom is -0.872 e. The Morgan fingerprint density at radius 2 is 1.21 bits per heavy atom. The van der Waals surface area contributed by atoms with E-state index in [-0.39, 0.29) is 5.75 Å². The van der Waals surface area contributed by atoms with Crippen molar-refractivity contribution in [3.63, 3.8) is 0 Å². The van der Waals surface area contributed by atoms with Crippen molar-refractivity contribution >= 4 is 0 Å². The van der Waals surface area contributed by atoms with Crippen LogP contribution in [0.15, 0.2) is 84.9 Å². The second-order valence-corrected chi connectivity index (χ2v) is 6.32. The zero-order chi connectivity index (χ0) is 16.6. The van der Waals surface area contributed by atoms with Gasteiger partial charge in [0.2, 0.25) is 0 Å². The number of benzene rings is 3. The first-order valence-electron chi connectivity index (χ1n) is 8.66. The molecule has 0 heterocycles. The summed E-state index contributed by atoms with van der Waals surface area (Å²) in [4.78, 5) is 0. The summed E-state index contributed by atoms with van der Waals surface area (Å²) in [6, 6.07) is 28.7. The maximum atomic E-state index is 11.5. The summed E-state index contributed by atoms with van der Waals surface area (Å²) in [5.41, 5.74) is 3.93. The van der Waals surface area contributed by atoms with Crippen molar-refractivity contribution in [3.05, 3.63) is 102 Å². The van der Waals surface area contributed by atoms with Crippen LogP contribution in [0.3, 0.4) is 0 Å². The third-order valence-corrected chi connectivity index (χ3v) is 4.58. The summed E-state index contributed by atoms with van der Waals surface area (Å²) >= 11 is 0. The van der Waals surface area contributed by atoms with Gasteiger partial charge in [-0.05, 0) is 48.3 Å². The molecule has 0 aliphatic heterocycles. The highest BCUT2D eigenvalue weighted by atomic mass is 16.3. The van der Waals surface area contributed by atoms with Gasteiger partial charge >= 0.3 is 0 Å². The molecule has 1 nitrogen and oxygen atoms in total. The molecular weight excluding hydrogens is 292 g/mol. The SMILES string of the molecule is [O-]c1cccc(CCC(CCc2ccccc2)c2ccccc2)c1. The monoisotopic (exact) mass is 315 g/mol. The van der Waals surface area contributed by atoms with Gasteiger partial charge in [-0.25, -0.2) is 0 Å². The molecule has 3 rings (SSSR count). The third-order valence-electron chi connectivity index (χ3n) is 4.58. The van der Waals surface area contributed by atoms with Crippen LogP contribution in [0.5, 0.6) is 5.75 Å². The van der Waals surface area contributed by atoms with Crippen molar-refractivity contribution in [2.75, 3.05) is 0 Å². The number of hydrogen-bond donors (Lipinski definition) is 0. The molecule has 0 aromatic heterocycles. The molecule has 3 aromatic carbocycles. The fourth-order valence-corrected chi connectivity index (χ4v) is 3.23. The van der Waals surface area contributed by atoms with E-state index in [4.69, 9.17) is 0 Å². The molecule has 3 aromatic rings. The molecule has 0 bridgehead atoms. The van der Waals surface area contributed by atoms with E-state index in [1.165, 1.54) is 11.1 Å². The molecule has 0 saturated carbocycles. The van der Waals surface area contributed by atoms with E-state index in [2.05, 4.69) is 66.7 Å². The first-order valence-corrected chi connectivity index (χ1v) is 8.66. The first-order chi connectivity index (χ1) is 11.8. The van der Waals surface area contributed by atoms with Crippen LogP contribution in [0, 0.1) is 0 Å². The van der Waals surface area contributed by atoms with E-state index in [1.807, 2.05) is 6.07 Å².